The number of thiazole rings is 1. The third-order valence-corrected chi connectivity index (χ3v) is 7.93. The molecule has 3 aromatic carbocycles. The Morgan fingerprint density at radius 3 is 2.45 bits per heavy atom. The van der Waals surface area contributed by atoms with E-state index >= 15 is 0 Å². The molecular formula is C31H31N3O5S. The molecule has 0 saturated carbocycles. The number of hydrogen-bond donors (Lipinski definition) is 0. The molecule has 206 valence electrons. The molecule has 4 aromatic rings. The second-order valence-corrected chi connectivity index (χ2v) is 10.6. The number of hydrogen-bond acceptors (Lipinski definition) is 8. The molecule has 0 spiro atoms. The lowest BCUT2D eigenvalue weighted by molar-refractivity contribution is -0.139. The summed E-state index contributed by atoms with van der Waals surface area (Å²) in [6.45, 7) is 3.72. The van der Waals surface area contributed by atoms with Crippen molar-refractivity contribution < 1.29 is 19.0 Å². The Balaban J connectivity index is 1.81. The number of rotatable bonds is 7. The molecule has 0 fully saturated rings. The van der Waals surface area contributed by atoms with Crippen LogP contribution in [0.1, 0.15) is 31.0 Å². The van der Waals surface area contributed by atoms with Crippen molar-refractivity contribution in [2.24, 2.45) is 4.99 Å². The zero-order valence-corrected chi connectivity index (χ0v) is 24.2. The summed E-state index contributed by atoms with van der Waals surface area (Å²) in [6.07, 6.45) is 1.85. The van der Waals surface area contributed by atoms with Crippen LogP contribution < -0.4 is 29.3 Å². The third kappa shape index (κ3) is 4.77. The van der Waals surface area contributed by atoms with Gasteiger partial charge in [0.1, 0.15) is 17.5 Å². The number of ether oxygens (including phenoxy) is 3. The zero-order valence-electron chi connectivity index (χ0n) is 23.3. The van der Waals surface area contributed by atoms with E-state index in [0.29, 0.717) is 37.7 Å². The van der Waals surface area contributed by atoms with Crippen LogP contribution in [0.4, 0.5) is 5.69 Å². The summed E-state index contributed by atoms with van der Waals surface area (Å²) < 4.78 is 18.9. The van der Waals surface area contributed by atoms with Crippen LogP contribution in [0.25, 0.3) is 16.8 Å². The van der Waals surface area contributed by atoms with Crippen LogP contribution in [0.2, 0.25) is 0 Å². The maximum atomic E-state index is 14.1. The van der Waals surface area contributed by atoms with Gasteiger partial charge >= 0.3 is 5.97 Å². The summed E-state index contributed by atoms with van der Waals surface area (Å²) in [5.41, 5.74) is 3.16. The van der Waals surface area contributed by atoms with E-state index in [1.165, 1.54) is 11.3 Å². The summed E-state index contributed by atoms with van der Waals surface area (Å²) in [6, 6.07) is 16.6. The molecule has 0 bridgehead atoms. The van der Waals surface area contributed by atoms with Gasteiger partial charge in [0.05, 0.1) is 36.6 Å². The number of carbonyl (C=O) groups is 1. The molecule has 0 saturated heterocycles. The number of aromatic nitrogens is 1. The van der Waals surface area contributed by atoms with Crippen LogP contribution in [0.15, 0.2) is 75.7 Å². The Morgan fingerprint density at radius 1 is 1.07 bits per heavy atom. The van der Waals surface area contributed by atoms with E-state index in [0.717, 1.165) is 22.0 Å². The van der Waals surface area contributed by atoms with E-state index in [-0.39, 0.29) is 12.2 Å². The fraction of sp³-hybridized carbons (Fsp3) is 0.258. The number of benzene rings is 3. The summed E-state index contributed by atoms with van der Waals surface area (Å²) in [7, 11) is 7.14. The molecule has 0 radical (unpaired) electrons. The molecule has 0 amide bonds. The molecule has 1 atom stereocenters. The normalized spacial score (nSPS) is 15.1. The number of anilines is 1. The Morgan fingerprint density at radius 2 is 1.80 bits per heavy atom. The lowest BCUT2D eigenvalue weighted by Gasteiger charge is -2.27. The Hall–Kier alpha value is -4.37. The van der Waals surface area contributed by atoms with Gasteiger partial charge in [-0.25, -0.2) is 9.79 Å². The van der Waals surface area contributed by atoms with Crippen molar-refractivity contribution in [1.82, 2.24) is 4.57 Å². The average molecular weight is 558 g/mol. The molecule has 1 unspecified atom stereocenters. The van der Waals surface area contributed by atoms with Gasteiger partial charge in [0, 0.05) is 25.3 Å². The van der Waals surface area contributed by atoms with E-state index in [2.05, 4.69) is 0 Å². The van der Waals surface area contributed by atoms with Crippen LogP contribution in [0.3, 0.4) is 0 Å². The van der Waals surface area contributed by atoms with E-state index in [1.807, 2.05) is 79.7 Å². The predicted octanol–water partition coefficient (Wildman–Crippen LogP) is 4.03. The maximum absolute atomic E-state index is 14.1. The highest BCUT2D eigenvalue weighted by Gasteiger charge is 2.36. The minimum atomic E-state index is -0.820. The topological polar surface area (TPSA) is 82.4 Å². The lowest BCUT2D eigenvalue weighted by atomic mass is 9.90. The molecule has 9 heteroatoms. The van der Waals surface area contributed by atoms with Crippen LogP contribution >= 0.6 is 11.3 Å². The van der Waals surface area contributed by atoms with Crippen molar-refractivity contribution in [2.45, 2.75) is 19.9 Å². The Bertz CT molecular complexity index is 1810. The van der Waals surface area contributed by atoms with Crippen molar-refractivity contribution in [1.29, 1.82) is 0 Å². The fourth-order valence-electron chi connectivity index (χ4n) is 4.97. The minimum absolute atomic E-state index is 0.191. The van der Waals surface area contributed by atoms with Crippen molar-refractivity contribution in [3.8, 4) is 11.5 Å². The van der Waals surface area contributed by atoms with E-state index in [1.54, 1.807) is 32.6 Å². The van der Waals surface area contributed by atoms with Gasteiger partial charge in [-0.3, -0.25) is 9.36 Å². The molecule has 8 nitrogen and oxygen atoms in total. The van der Waals surface area contributed by atoms with Gasteiger partial charge in [-0.1, -0.05) is 35.6 Å². The second kappa shape index (κ2) is 11.0. The first kappa shape index (κ1) is 27.2. The Labute approximate surface area is 236 Å². The van der Waals surface area contributed by atoms with Gasteiger partial charge in [-0.15, -0.1) is 0 Å². The quantitative estimate of drug-likeness (QED) is 0.319. The zero-order chi connectivity index (χ0) is 28.6. The lowest BCUT2D eigenvalue weighted by Crippen LogP contribution is -2.40. The van der Waals surface area contributed by atoms with Gasteiger partial charge in [0.25, 0.3) is 5.56 Å². The molecule has 40 heavy (non-hydrogen) atoms. The summed E-state index contributed by atoms with van der Waals surface area (Å²) in [4.78, 5) is 34.8. The first-order chi connectivity index (χ1) is 19.3. The highest BCUT2D eigenvalue weighted by Crippen LogP contribution is 2.41. The number of esters is 1. The number of methoxy groups -OCH3 is 2. The summed E-state index contributed by atoms with van der Waals surface area (Å²) >= 11 is 1.29. The van der Waals surface area contributed by atoms with E-state index < -0.39 is 12.0 Å². The van der Waals surface area contributed by atoms with Crippen molar-refractivity contribution in [2.75, 3.05) is 39.8 Å². The molecule has 0 aliphatic carbocycles. The Kier molecular flexibility index (Phi) is 7.49. The van der Waals surface area contributed by atoms with Crippen molar-refractivity contribution in [3.05, 3.63) is 96.7 Å². The first-order valence-electron chi connectivity index (χ1n) is 12.9. The van der Waals surface area contributed by atoms with Crippen molar-refractivity contribution >= 4 is 39.8 Å². The second-order valence-electron chi connectivity index (χ2n) is 9.56. The number of carbonyl (C=O) groups excluding carboxylic acids is 1. The summed E-state index contributed by atoms with van der Waals surface area (Å²) in [5, 5.41) is 1.71. The number of fused-ring (bicyclic) bond motifs is 2. The van der Waals surface area contributed by atoms with Crippen LogP contribution in [0.5, 0.6) is 11.5 Å². The van der Waals surface area contributed by atoms with Crippen molar-refractivity contribution in [3.63, 3.8) is 0 Å². The first-order valence-corrected chi connectivity index (χ1v) is 13.7. The van der Waals surface area contributed by atoms with Crippen LogP contribution in [-0.4, -0.2) is 45.5 Å². The number of nitrogens with zero attached hydrogens (tertiary/aromatic N) is 3. The largest absolute Gasteiger partial charge is 0.497 e. The average Bonchev–Trinajstić information content (AvgIpc) is 3.25. The van der Waals surface area contributed by atoms with Gasteiger partial charge in [-0.2, -0.15) is 0 Å². The third-order valence-electron chi connectivity index (χ3n) is 6.95. The molecule has 1 aliphatic heterocycles. The monoisotopic (exact) mass is 557 g/mol. The smallest absolute Gasteiger partial charge is 0.338 e. The van der Waals surface area contributed by atoms with E-state index in [9.17, 15) is 9.59 Å². The van der Waals surface area contributed by atoms with Crippen LogP contribution in [-0.2, 0) is 9.53 Å². The van der Waals surface area contributed by atoms with Crippen LogP contribution in [0, 0.1) is 0 Å². The fourth-order valence-corrected chi connectivity index (χ4v) is 6.02. The maximum Gasteiger partial charge on any atom is 0.338 e. The molecule has 1 aromatic heterocycles. The standard InChI is InChI=1S/C31H31N3O5S/c1-7-39-30(36)26-18(2)32-31-34(29(35)25(40-31)16-19-8-12-21(13-9-19)33(3)4)28(26)27-23-17-22(37-5)14-10-20(23)11-15-24(27)38-6/h8-17,28H,7H2,1-6H3. The molecule has 5 rings (SSSR count). The van der Waals surface area contributed by atoms with Gasteiger partial charge in [0.15, 0.2) is 4.80 Å². The molecular weight excluding hydrogens is 526 g/mol. The SMILES string of the molecule is CCOC(=O)C1=C(C)N=c2sc(=Cc3ccc(N(C)C)cc3)c(=O)n2C1c1c(OC)ccc2ccc(OC)cc12. The highest BCUT2D eigenvalue weighted by molar-refractivity contribution is 7.07. The minimum Gasteiger partial charge on any atom is -0.497 e. The van der Waals surface area contributed by atoms with E-state index in [4.69, 9.17) is 19.2 Å². The molecule has 2 heterocycles. The molecule has 1 aliphatic rings. The van der Waals surface area contributed by atoms with Gasteiger partial charge < -0.3 is 19.1 Å². The molecule has 0 N–H and O–H groups in total. The predicted molar refractivity (Wildman–Crippen MR) is 158 cm³/mol. The van der Waals surface area contributed by atoms with Gasteiger partial charge in [0.2, 0.25) is 0 Å². The van der Waals surface area contributed by atoms with Gasteiger partial charge in [-0.05, 0) is 66.6 Å². The summed E-state index contributed by atoms with van der Waals surface area (Å²) in [5.74, 6) is 0.661. The number of allylic oxidation sites excluding steroid dienone is 1. The highest BCUT2D eigenvalue weighted by atomic mass is 32.1.